The molecule has 2 N–H and O–H groups in total. The van der Waals surface area contributed by atoms with Crippen LogP contribution in [0, 0.1) is 0 Å². The summed E-state index contributed by atoms with van der Waals surface area (Å²) in [6, 6.07) is 4.79. The van der Waals surface area contributed by atoms with E-state index < -0.39 is 0 Å². The van der Waals surface area contributed by atoms with Crippen molar-refractivity contribution >= 4 is 27.3 Å². The van der Waals surface area contributed by atoms with Crippen LogP contribution in [0.3, 0.4) is 0 Å². The van der Waals surface area contributed by atoms with Crippen LogP contribution in [-0.4, -0.2) is 48.6 Å². The largest absolute Gasteiger partial charge is 0.326 e. The van der Waals surface area contributed by atoms with Crippen molar-refractivity contribution in [1.29, 1.82) is 0 Å². The minimum absolute atomic E-state index is 0.143. The molecule has 0 amide bonds. The second-order valence-electron chi connectivity index (χ2n) is 5.45. The Morgan fingerprint density at radius 1 is 1.14 bits per heavy atom. The fourth-order valence-electron chi connectivity index (χ4n) is 2.79. The molecule has 0 bridgehead atoms. The Morgan fingerprint density at radius 2 is 1.81 bits per heavy atom. The molecule has 3 nitrogen and oxygen atoms in total. The number of hydrogen-bond acceptors (Lipinski definition) is 4. The summed E-state index contributed by atoms with van der Waals surface area (Å²) in [6.45, 7) is 14.4. The molecule has 0 aliphatic rings. The van der Waals surface area contributed by atoms with Crippen LogP contribution in [0.15, 0.2) is 15.9 Å². The van der Waals surface area contributed by atoms with Crippen molar-refractivity contribution in [3.05, 3.63) is 20.8 Å². The van der Waals surface area contributed by atoms with Gasteiger partial charge in [-0.1, -0.05) is 20.8 Å². The smallest absolute Gasteiger partial charge is 0.0702 e. The molecule has 2 unspecified atom stereocenters. The molecular formula is C16H30BrN3S. The predicted octanol–water partition coefficient (Wildman–Crippen LogP) is 3.95. The van der Waals surface area contributed by atoms with E-state index in [4.69, 9.17) is 5.73 Å². The lowest BCUT2D eigenvalue weighted by atomic mass is 10.1. The molecule has 1 heterocycles. The molecule has 0 aliphatic heterocycles. The molecule has 0 aliphatic carbocycles. The molecule has 0 saturated carbocycles. The van der Waals surface area contributed by atoms with Gasteiger partial charge in [-0.25, -0.2) is 0 Å². The summed E-state index contributed by atoms with van der Waals surface area (Å²) in [6.07, 6.45) is 1.20. The first-order valence-electron chi connectivity index (χ1n) is 8.00. The molecular weight excluding hydrogens is 346 g/mol. The minimum Gasteiger partial charge on any atom is -0.326 e. The highest BCUT2D eigenvalue weighted by atomic mass is 79.9. The van der Waals surface area contributed by atoms with Crippen molar-refractivity contribution in [1.82, 2.24) is 9.80 Å². The van der Waals surface area contributed by atoms with Gasteiger partial charge in [0, 0.05) is 17.5 Å². The summed E-state index contributed by atoms with van der Waals surface area (Å²) < 4.78 is 1.18. The molecule has 21 heavy (non-hydrogen) atoms. The summed E-state index contributed by atoms with van der Waals surface area (Å²) in [5.41, 5.74) is 6.28. The maximum atomic E-state index is 6.28. The van der Waals surface area contributed by atoms with E-state index >= 15 is 0 Å². The van der Waals surface area contributed by atoms with Crippen molar-refractivity contribution in [2.45, 2.75) is 46.2 Å². The second-order valence-corrected chi connectivity index (χ2v) is 7.95. The van der Waals surface area contributed by atoms with Crippen molar-refractivity contribution in [3.63, 3.8) is 0 Å². The van der Waals surface area contributed by atoms with Crippen LogP contribution in [0.4, 0.5) is 0 Å². The van der Waals surface area contributed by atoms with Crippen LogP contribution in [-0.2, 0) is 0 Å². The lowest BCUT2D eigenvalue weighted by molar-refractivity contribution is 0.174. The Kier molecular flexibility index (Phi) is 9.06. The summed E-state index contributed by atoms with van der Waals surface area (Å²) in [7, 11) is 0. The third-order valence-corrected chi connectivity index (χ3v) is 5.69. The normalized spacial score (nSPS) is 14.9. The van der Waals surface area contributed by atoms with E-state index in [0.29, 0.717) is 6.04 Å². The topological polar surface area (TPSA) is 32.5 Å². The molecule has 1 rings (SSSR count). The number of thiophene rings is 1. The Balaban J connectivity index is 2.66. The number of rotatable bonds is 10. The van der Waals surface area contributed by atoms with Crippen molar-refractivity contribution in [2.24, 2.45) is 5.73 Å². The average molecular weight is 376 g/mol. The van der Waals surface area contributed by atoms with Crippen molar-refractivity contribution in [2.75, 3.05) is 32.7 Å². The Hall–Kier alpha value is 0.0600. The molecule has 5 heteroatoms. The predicted molar refractivity (Wildman–Crippen MR) is 98.1 cm³/mol. The lowest BCUT2D eigenvalue weighted by Crippen LogP contribution is -2.40. The van der Waals surface area contributed by atoms with Crippen LogP contribution in [0.25, 0.3) is 0 Å². The van der Waals surface area contributed by atoms with Crippen molar-refractivity contribution < 1.29 is 0 Å². The van der Waals surface area contributed by atoms with Gasteiger partial charge in [0.15, 0.2) is 0 Å². The highest BCUT2D eigenvalue weighted by Gasteiger charge is 2.24. The average Bonchev–Trinajstić information content (AvgIpc) is 2.87. The molecule has 1 aromatic heterocycles. The Labute approximate surface area is 142 Å². The van der Waals surface area contributed by atoms with Gasteiger partial charge in [-0.15, -0.1) is 11.3 Å². The van der Waals surface area contributed by atoms with E-state index in [0.717, 1.165) is 26.2 Å². The van der Waals surface area contributed by atoms with Crippen molar-refractivity contribution in [3.8, 4) is 0 Å². The number of nitrogens with two attached hydrogens (primary N) is 1. The van der Waals surface area contributed by atoms with Gasteiger partial charge in [-0.05, 0) is 67.6 Å². The van der Waals surface area contributed by atoms with Gasteiger partial charge in [0.25, 0.3) is 0 Å². The van der Waals surface area contributed by atoms with Gasteiger partial charge in [0.05, 0.1) is 9.83 Å². The van der Waals surface area contributed by atoms with Gasteiger partial charge in [-0.3, -0.25) is 4.90 Å². The summed E-state index contributed by atoms with van der Waals surface area (Å²) in [4.78, 5) is 6.37. The van der Waals surface area contributed by atoms with E-state index in [1.54, 1.807) is 11.3 Å². The third-order valence-electron chi connectivity index (χ3n) is 4.00. The second kappa shape index (κ2) is 9.95. The molecule has 0 spiro atoms. The van der Waals surface area contributed by atoms with Crippen LogP contribution in [0.1, 0.15) is 45.0 Å². The first kappa shape index (κ1) is 19.1. The fourth-order valence-corrected chi connectivity index (χ4v) is 4.46. The molecule has 2 atom stereocenters. The number of halogens is 1. The molecule has 1 aromatic rings. The first-order valence-corrected chi connectivity index (χ1v) is 9.61. The Morgan fingerprint density at radius 3 is 2.24 bits per heavy atom. The zero-order valence-electron chi connectivity index (χ0n) is 13.8. The molecule has 0 radical (unpaired) electrons. The highest BCUT2D eigenvalue weighted by molar-refractivity contribution is 9.11. The monoisotopic (exact) mass is 375 g/mol. The van der Waals surface area contributed by atoms with E-state index in [9.17, 15) is 0 Å². The van der Waals surface area contributed by atoms with Crippen LogP contribution in [0.2, 0.25) is 0 Å². The first-order chi connectivity index (χ1) is 10.0. The quantitative estimate of drug-likeness (QED) is 0.671. The van der Waals surface area contributed by atoms with E-state index in [2.05, 4.69) is 65.6 Å². The van der Waals surface area contributed by atoms with Gasteiger partial charge >= 0.3 is 0 Å². The third kappa shape index (κ3) is 5.99. The number of likely N-dealkylation sites (N-methyl/N-ethyl adjacent to an activating group) is 1. The van der Waals surface area contributed by atoms with E-state index in [1.165, 1.54) is 21.6 Å². The van der Waals surface area contributed by atoms with Gasteiger partial charge in [0.1, 0.15) is 0 Å². The summed E-state index contributed by atoms with van der Waals surface area (Å²) in [5.74, 6) is 0. The van der Waals surface area contributed by atoms with Gasteiger partial charge < -0.3 is 10.6 Å². The zero-order valence-corrected chi connectivity index (χ0v) is 16.2. The standard InChI is InChI=1S/C16H30BrN3S/c1-5-19(6-2)11-8-12-20(7-3)16(13(4)18)14-9-10-15(17)21-14/h9-10,13,16H,5-8,11-12,18H2,1-4H3. The molecule has 122 valence electrons. The number of nitrogens with zero attached hydrogens (tertiary/aromatic N) is 2. The van der Waals surface area contributed by atoms with Gasteiger partial charge in [0.2, 0.25) is 0 Å². The maximum Gasteiger partial charge on any atom is 0.0702 e. The van der Waals surface area contributed by atoms with E-state index in [1.807, 2.05) is 0 Å². The minimum atomic E-state index is 0.143. The lowest BCUT2D eigenvalue weighted by Gasteiger charge is -2.33. The highest BCUT2D eigenvalue weighted by Crippen LogP contribution is 2.32. The summed E-state index contributed by atoms with van der Waals surface area (Å²) in [5, 5.41) is 0. The van der Waals surface area contributed by atoms with E-state index in [-0.39, 0.29) is 6.04 Å². The molecule has 0 aromatic carbocycles. The Bertz CT molecular complexity index is 391. The zero-order chi connectivity index (χ0) is 15.8. The maximum absolute atomic E-state index is 6.28. The molecule has 0 saturated heterocycles. The molecule has 0 fully saturated rings. The van der Waals surface area contributed by atoms with Crippen LogP contribution in [0.5, 0.6) is 0 Å². The SMILES string of the molecule is CCN(CC)CCCN(CC)C(c1ccc(Br)s1)C(C)N. The number of hydrogen-bond donors (Lipinski definition) is 1. The van der Waals surface area contributed by atoms with Crippen LogP contribution < -0.4 is 5.73 Å². The van der Waals surface area contributed by atoms with Crippen LogP contribution >= 0.6 is 27.3 Å². The van der Waals surface area contributed by atoms with Gasteiger partial charge in [-0.2, -0.15) is 0 Å². The summed E-state index contributed by atoms with van der Waals surface area (Å²) >= 11 is 5.36. The fraction of sp³-hybridized carbons (Fsp3) is 0.750.